The quantitative estimate of drug-likeness (QED) is 0.750. The van der Waals surface area contributed by atoms with Crippen LogP contribution in [0.15, 0.2) is 48.1 Å². The molecule has 0 bridgehead atoms. The molecule has 15 heavy (non-hydrogen) atoms. The van der Waals surface area contributed by atoms with E-state index >= 15 is 0 Å². The highest BCUT2D eigenvalue weighted by molar-refractivity contribution is 6.30. The van der Waals surface area contributed by atoms with Crippen molar-refractivity contribution in [2.75, 3.05) is 18.5 Å². The summed E-state index contributed by atoms with van der Waals surface area (Å²) in [5, 5.41) is 0.786. The van der Waals surface area contributed by atoms with Crippen molar-refractivity contribution >= 4 is 17.3 Å². The molecule has 78 valence electrons. The van der Waals surface area contributed by atoms with Gasteiger partial charge in [-0.15, -0.1) is 0 Å². The van der Waals surface area contributed by atoms with E-state index in [2.05, 4.69) is 30.2 Å². The molecule has 2 rings (SSSR count). The minimum atomic E-state index is 0.786. The van der Waals surface area contributed by atoms with Crippen LogP contribution in [0.5, 0.6) is 0 Å². The second kappa shape index (κ2) is 4.54. The SMILES string of the molecule is CN(CC1=CC=CC1)c1ccc(Cl)cc1. The molecular weight excluding hydrogens is 206 g/mol. The first kappa shape index (κ1) is 10.3. The van der Waals surface area contributed by atoms with Gasteiger partial charge in [0.1, 0.15) is 0 Å². The van der Waals surface area contributed by atoms with E-state index in [1.807, 2.05) is 24.3 Å². The summed E-state index contributed by atoms with van der Waals surface area (Å²) in [4.78, 5) is 2.23. The van der Waals surface area contributed by atoms with Gasteiger partial charge in [0.25, 0.3) is 0 Å². The van der Waals surface area contributed by atoms with Crippen molar-refractivity contribution in [1.29, 1.82) is 0 Å². The third-order valence-electron chi connectivity index (χ3n) is 2.56. The fourth-order valence-corrected chi connectivity index (χ4v) is 1.83. The lowest BCUT2D eigenvalue weighted by Gasteiger charge is -2.20. The molecule has 0 spiro atoms. The van der Waals surface area contributed by atoms with Crippen molar-refractivity contribution in [1.82, 2.24) is 0 Å². The molecule has 0 heterocycles. The van der Waals surface area contributed by atoms with Gasteiger partial charge >= 0.3 is 0 Å². The maximum absolute atomic E-state index is 5.85. The summed E-state index contributed by atoms with van der Waals surface area (Å²) in [6.07, 6.45) is 7.57. The van der Waals surface area contributed by atoms with Gasteiger partial charge in [0.2, 0.25) is 0 Å². The third-order valence-corrected chi connectivity index (χ3v) is 2.81. The van der Waals surface area contributed by atoms with Crippen molar-refractivity contribution in [3.63, 3.8) is 0 Å². The number of allylic oxidation sites excluding steroid dienone is 3. The van der Waals surface area contributed by atoms with E-state index in [4.69, 9.17) is 11.6 Å². The zero-order valence-electron chi connectivity index (χ0n) is 8.78. The fraction of sp³-hybridized carbons (Fsp3) is 0.231. The number of benzene rings is 1. The third kappa shape index (κ3) is 2.63. The molecule has 0 amide bonds. The van der Waals surface area contributed by atoms with Gasteiger partial charge in [0.05, 0.1) is 0 Å². The van der Waals surface area contributed by atoms with E-state index in [1.54, 1.807) is 0 Å². The predicted octanol–water partition coefficient (Wildman–Crippen LogP) is 3.66. The number of hydrogen-bond donors (Lipinski definition) is 0. The van der Waals surface area contributed by atoms with Crippen LogP contribution < -0.4 is 4.90 Å². The van der Waals surface area contributed by atoms with E-state index in [-0.39, 0.29) is 0 Å². The largest absolute Gasteiger partial charge is 0.371 e. The number of rotatable bonds is 3. The maximum atomic E-state index is 5.85. The first-order valence-corrected chi connectivity index (χ1v) is 5.45. The molecule has 0 unspecified atom stereocenters. The van der Waals surface area contributed by atoms with E-state index in [1.165, 1.54) is 11.3 Å². The minimum Gasteiger partial charge on any atom is -0.371 e. The Morgan fingerprint density at radius 1 is 1.27 bits per heavy atom. The van der Waals surface area contributed by atoms with Crippen molar-refractivity contribution in [2.24, 2.45) is 0 Å². The van der Waals surface area contributed by atoms with Crippen molar-refractivity contribution in [3.8, 4) is 0 Å². The van der Waals surface area contributed by atoms with Crippen LogP contribution in [0.25, 0.3) is 0 Å². The van der Waals surface area contributed by atoms with Gasteiger partial charge in [-0.1, -0.05) is 29.8 Å². The lowest BCUT2D eigenvalue weighted by molar-refractivity contribution is 0.961. The predicted molar refractivity (Wildman–Crippen MR) is 66.6 cm³/mol. The Morgan fingerprint density at radius 3 is 2.60 bits per heavy atom. The minimum absolute atomic E-state index is 0.786. The van der Waals surface area contributed by atoms with Gasteiger partial charge in [-0.05, 0) is 36.3 Å². The molecule has 1 aliphatic carbocycles. The molecule has 0 saturated carbocycles. The van der Waals surface area contributed by atoms with Gasteiger partial charge < -0.3 is 4.90 Å². The average Bonchev–Trinajstić information content (AvgIpc) is 2.71. The van der Waals surface area contributed by atoms with Crippen LogP contribution >= 0.6 is 11.6 Å². The molecule has 0 aromatic heterocycles. The van der Waals surface area contributed by atoms with Crippen LogP contribution in [0.1, 0.15) is 6.42 Å². The van der Waals surface area contributed by atoms with Crippen LogP contribution in [0.3, 0.4) is 0 Å². The molecule has 1 nitrogen and oxygen atoms in total. The Kier molecular flexibility index (Phi) is 3.12. The monoisotopic (exact) mass is 219 g/mol. The van der Waals surface area contributed by atoms with Crippen molar-refractivity contribution < 1.29 is 0 Å². The molecule has 0 fully saturated rings. The Morgan fingerprint density at radius 2 is 2.00 bits per heavy atom. The zero-order chi connectivity index (χ0) is 10.7. The van der Waals surface area contributed by atoms with E-state index < -0.39 is 0 Å². The van der Waals surface area contributed by atoms with Crippen LogP contribution in [0, 0.1) is 0 Å². The number of anilines is 1. The van der Waals surface area contributed by atoms with Crippen LogP contribution in [-0.2, 0) is 0 Å². The number of likely N-dealkylation sites (N-methyl/N-ethyl adjacent to an activating group) is 1. The summed E-state index contributed by atoms with van der Waals surface area (Å²) >= 11 is 5.85. The lowest BCUT2D eigenvalue weighted by atomic mass is 10.2. The summed E-state index contributed by atoms with van der Waals surface area (Å²) in [6, 6.07) is 7.94. The van der Waals surface area contributed by atoms with Crippen molar-refractivity contribution in [3.05, 3.63) is 53.1 Å². The normalized spacial score (nSPS) is 14.1. The maximum Gasteiger partial charge on any atom is 0.0407 e. The summed E-state index contributed by atoms with van der Waals surface area (Å²) < 4.78 is 0. The van der Waals surface area contributed by atoms with Gasteiger partial charge in [0.15, 0.2) is 0 Å². The molecule has 2 heteroatoms. The van der Waals surface area contributed by atoms with Gasteiger partial charge in [-0.3, -0.25) is 0 Å². The smallest absolute Gasteiger partial charge is 0.0407 e. The highest BCUT2D eigenvalue weighted by Crippen LogP contribution is 2.19. The highest BCUT2D eigenvalue weighted by Gasteiger charge is 2.05. The Labute approximate surface area is 95.7 Å². The molecule has 1 aromatic rings. The van der Waals surface area contributed by atoms with Crippen molar-refractivity contribution in [2.45, 2.75) is 6.42 Å². The van der Waals surface area contributed by atoms with Crippen LogP contribution in [0.2, 0.25) is 5.02 Å². The molecule has 0 N–H and O–H groups in total. The summed E-state index contributed by atoms with van der Waals surface area (Å²) in [5.41, 5.74) is 2.65. The number of nitrogens with zero attached hydrogens (tertiary/aromatic N) is 1. The standard InChI is InChI=1S/C13H14ClN/c1-15(10-11-4-2-3-5-11)13-8-6-12(14)7-9-13/h2-4,6-9H,5,10H2,1H3. The highest BCUT2D eigenvalue weighted by atomic mass is 35.5. The summed E-state index contributed by atoms with van der Waals surface area (Å²) in [5.74, 6) is 0. The van der Waals surface area contributed by atoms with Gasteiger partial charge in [-0.2, -0.15) is 0 Å². The topological polar surface area (TPSA) is 3.24 Å². The fourth-order valence-electron chi connectivity index (χ4n) is 1.70. The molecule has 0 aliphatic heterocycles. The zero-order valence-corrected chi connectivity index (χ0v) is 9.54. The molecule has 1 aliphatic rings. The first-order chi connectivity index (χ1) is 7.25. The molecular formula is C13H14ClN. The van der Waals surface area contributed by atoms with E-state index in [9.17, 15) is 0 Å². The molecule has 0 radical (unpaired) electrons. The second-order valence-electron chi connectivity index (χ2n) is 3.79. The average molecular weight is 220 g/mol. The number of halogens is 1. The summed E-state index contributed by atoms with van der Waals surface area (Å²) in [6.45, 7) is 0.981. The second-order valence-corrected chi connectivity index (χ2v) is 4.23. The Balaban J connectivity index is 2.01. The van der Waals surface area contributed by atoms with E-state index in [0.717, 1.165) is 18.0 Å². The van der Waals surface area contributed by atoms with Gasteiger partial charge in [-0.25, -0.2) is 0 Å². The first-order valence-electron chi connectivity index (χ1n) is 5.07. The summed E-state index contributed by atoms with van der Waals surface area (Å²) in [7, 11) is 2.10. The Bertz CT molecular complexity index is 390. The Hall–Kier alpha value is -1.21. The lowest BCUT2D eigenvalue weighted by Crippen LogP contribution is -2.19. The van der Waals surface area contributed by atoms with Gasteiger partial charge in [0, 0.05) is 24.3 Å². The van der Waals surface area contributed by atoms with Crippen LogP contribution in [0.4, 0.5) is 5.69 Å². The number of hydrogen-bond acceptors (Lipinski definition) is 1. The molecule has 1 aromatic carbocycles. The molecule has 0 atom stereocenters. The van der Waals surface area contributed by atoms with Crippen LogP contribution in [-0.4, -0.2) is 13.6 Å². The molecule has 0 saturated heterocycles. The van der Waals surface area contributed by atoms with E-state index in [0.29, 0.717) is 0 Å².